The number of carbonyl (C=O) groups is 2. The predicted octanol–water partition coefficient (Wildman–Crippen LogP) is 3.67. The zero-order chi connectivity index (χ0) is 21.0. The van der Waals surface area contributed by atoms with Crippen molar-refractivity contribution in [2.75, 3.05) is 19.6 Å². The second-order valence-corrected chi connectivity index (χ2v) is 7.30. The van der Waals surface area contributed by atoms with Crippen LogP contribution in [0.5, 0.6) is 0 Å². The first-order chi connectivity index (χ1) is 14.7. The van der Waals surface area contributed by atoms with Gasteiger partial charge in [-0.15, -0.1) is 0 Å². The van der Waals surface area contributed by atoms with Crippen LogP contribution in [-0.2, 0) is 9.59 Å². The number of carbonyl (C=O) groups excluding carboxylic acids is 2. The summed E-state index contributed by atoms with van der Waals surface area (Å²) in [4.78, 5) is 26.9. The van der Waals surface area contributed by atoms with Gasteiger partial charge in [0.05, 0.1) is 0 Å². The molecule has 30 heavy (non-hydrogen) atoms. The Morgan fingerprint density at radius 3 is 2.50 bits per heavy atom. The molecule has 0 saturated carbocycles. The molecule has 0 fully saturated rings. The monoisotopic (exact) mass is 403 g/mol. The third-order valence-corrected chi connectivity index (χ3v) is 5.04. The zero-order valence-electron chi connectivity index (χ0n) is 17.2. The Morgan fingerprint density at radius 1 is 1.00 bits per heavy atom. The summed E-state index contributed by atoms with van der Waals surface area (Å²) in [7, 11) is 0. The first kappa shape index (κ1) is 21.5. The fourth-order valence-electron chi connectivity index (χ4n) is 3.42. The smallest absolute Gasteiger partial charge is 0.246 e. The number of amides is 2. The van der Waals surface area contributed by atoms with E-state index in [0.29, 0.717) is 25.9 Å². The highest BCUT2D eigenvalue weighted by molar-refractivity contribution is 5.91. The summed E-state index contributed by atoms with van der Waals surface area (Å²) in [5.41, 5.74) is 2.09. The highest BCUT2D eigenvalue weighted by Crippen LogP contribution is 2.16. The molecule has 1 aliphatic heterocycles. The Balaban J connectivity index is 1.64. The van der Waals surface area contributed by atoms with Crippen LogP contribution in [0.3, 0.4) is 0 Å². The summed E-state index contributed by atoms with van der Waals surface area (Å²) in [5.74, 6) is -0.0173. The van der Waals surface area contributed by atoms with E-state index >= 15 is 0 Å². The van der Waals surface area contributed by atoms with Crippen molar-refractivity contribution in [3.63, 3.8) is 0 Å². The summed E-state index contributed by atoms with van der Waals surface area (Å²) in [6.45, 7) is 2.01. The molecule has 3 rings (SSSR count). The molecule has 1 heterocycles. The Hall–Kier alpha value is -3.18. The SMILES string of the molecule is O=C1C[C@@H](c2ccccc2)NCCCN(C(=O)/C=C/c2ccccc2)CC/C=C/N1. The molecule has 2 N–H and O–H groups in total. The highest BCUT2D eigenvalue weighted by Gasteiger charge is 2.16. The van der Waals surface area contributed by atoms with Gasteiger partial charge in [0.2, 0.25) is 11.8 Å². The second kappa shape index (κ2) is 11.7. The van der Waals surface area contributed by atoms with E-state index in [1.54, 1.807) is 12.3 Å². The van der Waals surface area contributed by atoms with Crippen LogP contribution in [-0.4, -0.2) is 36.3 Å². The minimum atomic E-state index is -0.0533. The van der Waals surface area contributed by atoms with Gasteiger partial charge in [0.15, 0.2) is 0 Å². The average molecular weight is 404 g/mol. The molecule has 2 aromatic rings. The van der Waals surface area contributed by atoms with Gasteiger partial charge in [-0.2, -0.15) is 0 Å². The summed E-state index contributed by atoms with van der Waals surface area (Å²) >= 11 is 0. The van der Waals surface area contributed by atoms with Crippen molar-refractivity contribution in [1.82, 2.24) is 15.5 Å². The van der Waals surface area contributed by atoms with Crippen LogP contribution in [0, 0.1) is 0 Å². The maximum absolute atomic E-state index is 12.7. The van der Waals surface area contributed by atoms with Gasteiger partial charge in [-0.3, -0.25) is 9.59 Å². The summed E-state index contributed by atoms with van der Waals surface area (Å²) < 4.78 is 0. The number of benzene rings is 2. The second-order valence-electron chi connectivity index (χ2n) is 7.30. The number of hydrogen-bond acceptors (Lipinski definition) is 3. The Morgan fingerprint density at radius 2 is 1.73 bits per heavy atom. The van der Waals surface area contributed by atoms with Crippen molar-refractivity contribution >= 4 is 17.9 Å². The van der Waals surface area contributed by atoms with E-state index in [-0.39, 0.29) is 17.9 Å². The normalized spacial score (nSPS) is 19.9. The number of nitrogens with one attached hydrogen (secondary N) is 2. The van der Waals surface area contributed by atoms with Gasteiger partial charge in [0, 0.05) is 31.6 Å². The average Bonchev–Trinajstić information content (AvgIpc) is 2.80. The standard InChI is InChI=1S/C25H29N3O2/c29-24-20-23(22-12-5-2-6-13-22)26-17-9-19-28(18-8-7-16-27-24)25(30)15-14-21-10-3-1-4-11-21/h1-7,10-16,23,26H,8-9,17-20H2,(H,27,29)/b15-14+,16-7+/t23-/m0/s1. The van der Waals surface area contributed by atoms with E-state index in [4.69, 9.17) is 0 Å². The van der Waals surface area contributed by atoms with Crippen molar-refractivity contribution < 1.29 is 9.59 Å². The number of nitrogens with zero attached hydrogens (tertiary/aromatic N) is 1. The summed E-state index contributed by atoms with van der Waals surface area (Å²) in [5, 5.41) is 6.32. The van der Waals surface area contributed by atoms with Crippen molar-refractivity contribution in [2.24, 2.45) is 0 Å². The number of rotatable bonds is 3. The Kier molecular flexibility index (Phi) is 8.42. The molecule has 2 aromatic carbocycles. The molecular weight excluding hydrogens is 374 g/mol. The maximum atomic E-state index is 12.7. The van der Waals surface area contributed by atoms with Crippen LogP contribution < -0.4 is 10.6 Å². The fraction of sp³-hybridized carbons (Fsp3) is 0.280. The van der Waals surface area contributed by atoms with E-state index in [0.717, 1.165) is 24.1 Å². The molecule has 0 aromatic heterocycles. The van der Waals surface area contributed by atoms with E-state index in [1.165, 1.54) is 0 Å². The lowest BCUT2D eigenvalue weighted by Gasteiger charge is -2.22. The van der Waals surface area contributed by atoms with Gasteiger partial charge in [-0.1, -0.05) is 66.7 Å². The minimum Gasteiger partial charge on any atom is -0.339 e. The summed E-state index contributed by atoms with van der Waals surface area (Å²) in [6, 6.07) is 19.8. The van der Waals surface area contributed by atoms with Gasteiger partial charge < -0.3 is 15.5 Å². The maximum Gasteiger partial charge on any atom is 0.246 e. The van der Waals surface area contributed by atoms with E-state index in [1.807, 2.05) is 77.7 Å². The molecule has 0 bridgehead atoms. The molecule has 0 aliphatic carbocycles. The summed E-state index contributed by atoms with van der Waals surface area (Å²) in [6.07, 6.45) is 8.96. The topological polar surface area (TPSA) is 61.4 Å². The van der Waals surface area contributed by atoms with E-state index < -0.39 is 0 Å². The third-order valence-electron chi connectivity index (χ3n) is 5.04. The quantitative estimate of drug-likeness (QED) is 0.769. The molecule has 5 nitrogen and oxygen atoms in total. The van der Waals surface area contributed by atoms with Crippen LogP contribution in [0.15, 0.2) is 79.0 Å². The van der Waals surface area contributed by atoms with Crippen LogP contribution in [0.4, 0.5) is 0 Å². The Bertz CT molecular complexity index is 862. The number of hydrogen-bond donors (Lipinski definition) is 2. The molecule has 5 heteroatoms. The molecule has 1 aliphatic rings. The van der Waals surface area contributed by atoms with Gasteiger partial charge in [0.1, 0.15) is 0 Å². The van der Waals surface area contributed by atoms with Crippen molar-refractivity contribution in [2.45, 2.75) is 25.3 Å². The van der Waals surface area contributed by atoms with E-state index in [2.05, 4.69) is 10.6 Å². The molecule has 156 valence electrons. The molecule has 0 spiro atoms. The Labute approximate surface area is 178 Å². The van der Waals surface area contributed by atoms with Crippen molar-refractivity contribution in [3.05, 3.63) is 90.1 Å². The fourth-order valence-corrected chi connectivity index (χ4v) is 3.42. The van der Waals surface area contributed by atoms with Crippen LogP contribution in [0.25, 0.3) is 6.08 Å². The van der Waals surface area contributed by atoms with Crippen LogP contribution in [0.2, 0.25) is 0 Å². The molecule has 0 radical (unpaired) electrons. The highest BCUT2D eigenvalue weighted by atomic mass is 16.2. The predicted molar refractivity (Wildman–Crippen MR) is 120 cm³/mol. The van der Waals surface area contributed by atoms with E-state index in [9.17, 15) is 9.59 Å². The van der Waals surface area contributed by atoms with Crippen molar-refractivity contribution in [1.29, 1.82) is 0 Å². The molecule has 2 amide bonds. The van der Waals surface area contributed by atoms with Crippen LogP contribution in [0.1, 0.15) is 36.4 Å². The van der Waals surface area contributed by atoms with Gasteiger partial charge in [-0.05, 0) is 42.8 Å². The lowest BCUT2D eigenvalue weighted by Crippen LogP contribution is -2.34. The first-order valence-corrected chi connectivity index (χ1v) is 10.5. The first-order valence-electron chi connectivity index (χ1n) is 10.5. The third kappa shape index (κ3) is 7.01. The molecule has 0 saturated heterocycles. The van der Waals surface area contributed by atoms with Crippen LogP contribution >= 0.6 is 0 Å². The van der Waals surface area contributed by atoms with Crippen molar-refractivity contribution in [3.8, 4) is 0 Å². The van der Waals surface area contributed by atoms with Gasteiger partial charge in [-0.25, -0.2) is 0 Å². The lowest BCUT2D eigenvalue weighted by molar-refractivity contribution is -0.126. The van der Waals surface area contributed by atoms with Gasteiger partial charge >= 0.3 is 0 Å². The minimum absolute atomic E-state index is 0.00534. The molecule has 0 unspecified atom stereocenters. The zero-order valence-corrected chi connectivity index (χ0v) is 17.2. The largest absolute Gasteiger partial charge is 0.339 e. The lowest BCUT2D eigenvalue weighted by atomic mass is 10.0. The molecular formula is C25H29N3O2. The molecule has 1 atom stereocenters. The van der Waals surface area contributed by atoms with Gasteiger partial charge in [0.25, 0.3) is 0 Å².